The molecule has 1 aromatic heterocycles. The molecule has 1 unspecified atom stereocenters. The van der Waals surface area contributed by atoms with E-state index in [1.54, 1.807) is 25.4 Å². The quantitative estimate of drug-likeness (QED) is 0.936. The third kappa shape index (κ3) is 3.28. The lowest BCUT2D eigenvalue weighted by molar-refractivity contribution is 0.0949. The maximum Gasteiger partial charge on any atom is 0.263 e. The van der Waals surface area contributed by atoms with Crippen LogP contribution in [-0.2, 0) is 7.05 Å². The Balaban J connectivity index is 1.67. The molecule has 3 rings (SSSR count). The highest BCUT2D eigenvalue weighted by Gasteiger charge is 2.25. The molecule has 0 radical (unpaired) electrons. The number of hydrogen-bond acceptors (Lipinski definition) is 3. The van der Waals surface area contributed by atoms with Gasteiger partial charge in [-0.15, -0.1) is 0 Å². The van der Waals surface area contributed by atoms with E-state index >= 15 is 0 Å². The summed E-state index contributed by atoms with van der Waals surface area (Å²) < 4.78 is 1.42. The number of carbonyl (C=O) groups excluding carboxylic acids is 1. The average molecular weight is 311 g/mol. The van der Waals surface area contributed by atoms with Crippen molar-refractivity contribution >= 4 is 11.6 Å². The van der Waals surface area contributed by atoms with Crippen LogP contribution in [0.25, 0.3) is 0 Å². The first-order chi connectivity index (χ1) is 11.2. The molecule has 5 heteroatoms. The largest absolute Gasteiger partial charge is 0.367 e. The van der Waals surface area contributed by atoms with Gasteiger partial charge in [0.1, 0.15) is 5.56 Å². The van der Waals surface area contributed by atoms with Crippen LogP contribution in [0.1, 0.15) is 23.2 Å². The molecule has 120 valence electrons. The molecule has 0 saturated carbocycles. The van der Waals surface area contributed by atoms with Gasteiger partial charge < -0.3 is 14.8 Å². The minimum absolute atomic E-state index is 0.194. The molecule has 1 amide bonds. The fourth-order valence-corrected chi connectivity index (χ4v) is 3.08. The summed E-state index contributed by atoms with van der Waals surface area (Å²) in [4.78, 5) is 26.6. The van der Waals surface area contributed by atoms with Gasteiger partial charge >= 0.3 is 0 Å². The molecular weight excluding hydrogens is 290 g/mol. The van der Waals surface area contributed by atoms with Crippen LogP contribution in [0, 0.1) is 0 Å². The molecule has 2 aromatic rings. The van der Waals surface area contributed by atoms with Crippen molar-refractivity contribution in [2.24, 2.45) is 7.05 Å². The van der Waals surface area contributed by atoms with E-state index < -0.39 is 0 Å². The molecule has 1 fully saturated rings. The van der Waals surface area contributed by atoms with Crippen molar-refractivity contribution in [3.05, 3.63) is 64.6 Å². The number of rotatable bonds is 4. The maximum atomic E-state index is 12.3. The number of carbonyl (C=O) groups is 1. The first-order valence-electron chi connectivity index (χ1n) is 7.92. The van der Waals surface area contributed by atoms with Gasteiger partial charge in [0.15, 0.2) is 0 Å². The number of pyridine rings is 1. The molecule has 0 bridgehead atoms. The molecular formula is C18H21N3O2. The number of nitrogens with one attached hydrogen (secondary N) is 1. The zero-order valence-electron chi connectivity index (χ0n) is 13.2. The van der Waals surface area contributed by atoms with Gasteiger partial charge in [0.25, 0.3) is 11.5 Å². The Morgan fingerprint density at radius 2 is 2.00 bits per heavy atom. The second-order valence-electron chi connectivity index (χ2n) is 5.87. The Morgan fingerprint density at radius 3 is 2.78 bits per heavy atom. The zero-order valence-corrected chi connectivity index (χ0v) is 13.2. The SMILES string of the molecule is Cn1cccc(C(=O)NCC2CCCN2c2ccccc2)c1=O. The van der Waals surface area contributed by atoms with Crippen LogP contribution in [-0.4, -0.2) is 29.6 Å². The van der Waals surface area contributed by atoms with Gasteiger partial charge in [-0.25, -0.2) is 0 Å². The summed E-state index contributed by atoms with van der Waals surface area (Å²) >= 11 is 0. The molecule has 5 nitrogen and oxygen atoms in total. The van der Waals surface area contributed by atoms with Crippen LogP contribution in [0.5, 0.6) is 0 Å². The molecule has 1 atom stereocenters. The van der Waals surface area contributed by atoms with Gasteiger partial charge in [0.2, 0.25) is 0 Å². The summed E-state index contributed by atoms with van der Waals surface area (Å²) in [7, 11) is 1.65. The first kappa shape index (κ1) is 15.3. The van der Waals surface area contributed by atoms with E-state index in [1.165, 1.54) is 10.3 Å². The number of amides is 1. The maximum absolute atomic E-state index is 12.3. The van der Waals surface area contributed by atoms with Crippen LogP contribution in [0.3, 0.4) is 0 Å². The topological polar surface area (TPSA) is 54.3 Å². The van der Waals surface area contributed by atoms with E-state index in [0.717, 1.165) is 19.4 Å². The molecule has 2 heterocycles. The lowest BCUT2D eigenvalue weighted by atomic mass is 10.2. The summed E-state index contributed by atoms with van der Waals surface area (Å²) in [6.45, 7) is 1.55. The lowest BCUT2D eigenvalue weighted by Crippen LogP contribution is -2.41. The van der Waals surface area contributed by atoms with Gasteiger partial charge in [-0.3, -0.25) is 9.59 Å². The van der Waals surface area contributed by atoms with Gasteiger partial charge in [-0.05, 0) is 37.1 Å². The number of aromatic nitrogens is 1. The summed E-state index contributed by atoms with van der Waals surface area (Å²) in [6, 6.07) is 13.8. The standard InChI is InChI=1S/C18H21N3O2/c1-20-11-6-10-16(18(20)23)17(22)19-13-15-9-5-12-21(15)14-7-3-2-4-8-14/h2-4,6-8,10-11,15H,5,9,12-13H2,1H3,(H,19,22). The lowest BCUT2D eigenvalue weighted by Gasteiger charge is -2.27. The first-order valence-corrected chi connectivity index (χ1v) is 7.92. The third-order valence-corrected chi connectivity index (χ3v) is 4.33. The average Bonchev–Trinajstić information content (AvgIpc) is 3.04. The van der Waals surface area contributed by atoms with Crippen LogP contribution < -0.4 is 15.8 Å². The summed E-state index contributed by atoms with van der Waals surface area (Å²) in [5, 5.41) is 2.91. The fraction of sp³-hybridized carbons (Fsp3) is 0.333. The molecule has 1 aliphatic heterocycles. The van der Waals surface area contributed by atoms with Crippen molar-refractivity contribution in [3.63, 3.8) is 0 Å². The number of nitrogens with zero attached hydrogens (tertiary/aromatic N) is 2. The van der Waals surface area contributed by atoms with E-state index in [-0.39, 0.29) is 23.1 Å². The van der Waals surface area contributed by atoms with E-state index in [0.29, 0.717) is 6.54 Å². The predicted molar refractivity (Wildman–Crippen MR) is 90.8 cm³/mol. The summed E-state index contributed by atoms with van der Waals surface area (Å²) in [5.41, 5.74) is 1.11. The highest BCUT2D eigenvalue weighted by molar-refractivity contribution is 5.93. The number of hydrogen-bond donors (Lipinski definition) is 1. The number of benzene rings is 1. The van der Waals surface area contributed by atoms with Crippen molar-refractivity contribution in [1.29, 1.82) is 0 Å². The molecule has 0 spiro atoms. The van der Waals surface area contributed by atoms with Crippen LogP contribution >= 0.6 is 0 Å². The Kier molecular flexibility index (Phi) is 4.46. The number of para-hydroxylation sites is 1. The normalized spacial score (nSPS) is 17.3. The van der Waals surface area contributed by atoms with Crippen LogP contribution in [0.4, 0.5) is 5.69 Å². The molecule has 1 N–H and O–H groups in total. The van der Waals surface area contributed by atoms with Crippen LogP contribution in [0.15, 0.2) is 53.5 Å². The van der Waals surface area contributed by atoms with E-state index in [4.69, 9.17) is 0 Å². The summed E-state index contributed by atoms with van der Waals surface area (Å²) in [5.74, 6) is -0.300. The van der Waals surface area contributed by atoms with Crippen molar-refractivity contribution in [1.82, 2.24) is 9.88 Å². The highest BCUT2D eigenvalue weighted by Crippen LogP contribution is 2.24. The van der Waals surface area contributed by atoms with Crippen molar-refractivity contribution < 1.29 is 4.79 Å². The van der Waals surface area contributed by atoms with E-state index in [1.807, 2.05) is 18.2 Å². The Labute approximate surface area is 135 Å². The van der Waals surface area contributed by atoms with Crippen LogP contribution in [0.2, 0.25) is 0 Å². The van der Waals surface area contributed by atoms with Crippen molar-refractivity contribution in [2.75, 3.05) is 18.0 Å². The highest BCUT2D eigenvalue weighted by atomic mass is 16.2. The second kappa shape index (κ2) is 6.69. The van der Waals surface area contributed by atoms with Gasteiger partial charge in [-0.1, -0.05) is 18.2 Å². The van der Waals surface area contributed by atoms with Gasteiger partial charge in [0.05, 0.1) is 0 Å². The van der Waals surface area contributed by atoms with Crippen molar-refractivity contribution in [3.8, 4) is 0 Å². The number of aryl methyl sites for hydroxylation is 1. The zero-order chi connectivity index (χ0) is 16.2. The molecule has 0 aliphatic carbocycles. The smallest absolute Gasteiger partial charge is 0.263 e. The minimum atomic E-state index is -0.300. The monoisotopic (exact) mass is 311 g/mol. The minimum Gasteiger partial charge on any atom is -0.367 e. The molecule has 1 saturated heterocycles. The predicted octanol–water partition coefficient (Wildman–Crippen LogP) is 1.78. The third-order valence-electron chi connectivity index (χ3n) is 4.33. The van der Waals surface area contributed by atoms with Crippen molar-refractivity contribution in [2.45, 2.75) is 18.9 Å². The second-order valence-corrected chi connectivity index (χ2v) is 5.87. The fourth-order valence-electron chi connectivity index (χ4n) is 3.08. The van der Waals surface area contributed by atoms with Gasteiger partial charge in [0, 0.05) is 38.1 Å². The molecule has 1 aromatic carbocycles. The Morgan fingerprint density at radius 1 is 1.22 bits per heavy atom. The van der Waals surface area contributed by atoms with Gasteiger partial charge in [-0.2, -0.15) is 0 Å². The van der Waals surface area contributed by atoms with E-state index in [9.17, 15) is 9.59 Å². The Bertz CT molecular complexity index is 739. The van der Waals surface area contributed by atoms with E-state index in [2.05, 4.69) is 22.3 Å². The molecule has 23 heavy (non-hydrogen) atoms. The summed E-state index contributed by atoms with van der Waals surface area (Å²) in [6.07, 6.45) is 3.80. The Hall–Kier alpha value is -2.56. The number of anilines is 1. The molecule has 1 aliphatic rings.